The van der Waals surface area contributed by atoms with E-state index in [1.165, 1.54) is 154 Å². The van der Waals surface area contributed by atoms with Crippen molar-refractivity contribution in [1.29, 1.82) is 0 Å². The van der Waals surface area contributed by atoms with E-state index in [4.69, 9.17) is 0 Å². The summed E-state index contributed by atoms with van der Waals surface area (Å²) in [6.45, 7) is 9.37. The van der Waals surface area contributed by atoms with Gasteiger partial charge in [0.1, 0.15) is 12.4 Å². The summed E-state index contributed by atoms with van der Waals surface area (Å²) >= 11 is 0. The average Bonchev–Trinajstić information content (AvgIpc) is 3.19. The van der Waals surface area contributed by atoms with E-state index in [1.807, 2.05) is 0 Å². The van der Waals surface area contributed by atoms with Crippen LogP contribution >= 0.6 is 0 Å². The van der Waals surface area contributed by atoms with Gasteiger partial charge in [0, 0.05) is 6.42 Å². The highest BCUT2D eigenvalue weighted by atomic mass is 15.1. The summed E-state index contributed by atoms with van der Waals surface area (Å²) in [6, 6.07) is 0. The largest absolute Gasteiger partial charge is 0.256 e. The van der Waals surface area contributed by atoms with Crippen molar-refractivity contribution in [1.82, 2.24) is 4.57 Å². The molecule has 2 heteroatoms. The Bertz CT molecular complexity index is 505. The van der Waals surface area contributed by atoms with Gasteiger partial charge in [-0.05, 0) is 32.1 Å². The average molecular weight is 448 g/mol. The first kappa shape index (κ1) is 29.2. The normalized spacial score (nSPS) is 11.5. The van der Waals surface area contributed by atoms with Gasteiger partial charge in [-0.3, -0.25) is 0 Å². The second kappa shape index (κ2) is 22.0. The number of unbranched alkanes of at least 4 members (excludes halogenated alkanes) is 18. The van der Waals surface area contributed by atoms with E-state index in [0.29, 0.717) is 0 Å². The molecule has 2 nitrogen and oxygen atoms in total. The highest BCUT2D eigenvalue weighted by Gasteiger charge is 2.16. The predicted octanol–water partition coefficient (Wildman–Crippen LogP) is 9.57. The van der Waals surface area contributed by atoms with Crippen molar-refractivity contribution in [2.45, 2.75) is 175 Å². The number of nitrogens with zero attached hydrogens (tertiary/aromatic N) is 2. The monoisotopic (exact) mass is 447 g/mol. The molecule has 0 unspecified atom stereocenters. The molecule has 1 rings (SSSR count). The first-order valence-electron chi connectivity index (χ1n) is 14.9. The van der Waals surface area contributed by atoms with Crippen LogP contribution < -0.4 is 4.57 Å². The van der Waals surface area contributed by atoms with Crippen molar-refractivity contribution in [2.75, 3.05) is 0 Å². The van der Waals surface area contributed by atoms with Gasteiger partial charge in [-0.2, -0.15) is 0 Å². The fourth-order valence-corrected chi connectivity index (χ4v) is 4.89. The van der Waals surface area contributed by atoms with E-state index in [0.717, 1.165) is 0 Å². The van der Waals surface area contributed by atoms with Crippen molar-refractivity contribution >= 4 is 0 Å². The molecule has 0 saturated carbocycles. The van der Waals surface area contributed by atoms with Crippen molar-refractivity contribution in [3.63, 3.8) is 0 Å². The van der Waals surface area contributed by atoms with Gasteiger partial charge in [0.25, 0.3) is 5.82 Å². The van der Waals surface area contributed by atoms with Crippen molar-refractivity contribution in [2.24, 2.45) is 0 Å². The van der Waals surface area contributed by atoms with Crippen LogP contribution in [0.2, 0.25) is 0 Å². The van der Waals surface area contributed by atoms with Gasteiger partial charge < -0.3 is 0 Å². The zero-order chi connectivity index (χ0) is 23.1. The van der Waals surface area contributed by atoms with Crippen LogP contribution in [-0.2, 0) is 19.5 Å². The molecular formula is C30H59N2+. The zero-order valence-electron chi connectivity index (χ0n) is 22.5. The van der Waals surface area contributed by atoms with Crippen LogP contribution in [-0.4, -0.2) is 4.57 Å². The molecule has 0 N–H and O–H groups in total. The molecule has 188 valence electrons. The standard InChI is InChI=1S/C30H59N2/c1-4-7-10-12-14-15-16-17-18-20-22-24-27-32-29-28-31(30(32)25-9-6-3)26-23-21-19-13-11-8-5-2/h28-29H,4-27H2,1-3H3/q+1. The molecule has 0 amide bonds. The number of rotatable bonds is 24. The Morgan fingerprint density at radius 1 is 0.531 bits per heavy atom. The van der Waals surface area contributed by atoms with Crippen LogP contribution in [0.15, 0.2) is 12.4 Å². The molecule has 0 aromatic carbocycles. The molecule has 32 heavy (non-hydrogen) atoms. The van der Waals surface area contributed by atoms with E-state index in [1.54, 1.807) is 5.82 Å². The van der Waals surface area contributed by atoms with E-state index < -0.39 is 0 Å². The maximum Gasteiger partial charge on any atom is 0.256 e. The Hall–Kier alpha value is -0.790. The third-order valence-electron chi connectivity index (χ3n) is 7.10. The lowest BCUT2D eigenvalue weighted by Crippen LogP contribution is -2.37. The van der Waals surface area contributed by atoms with Crippen molar-refractivity contribution in [3.8, 4) is 0 Å². The smallest absolute Gasteiger partial charge is 0.234 e. The minimum absolute atomic E-state index is 1.22. The van der Waals surface area contributed by atoms with Crippen molar-refractivity contribution in [3.05, 3.63) is 18.2 Å². The fourth-order valence-electron chi connectivity index (χ4n) is 4.89. The summed E-state index contributed by atoms with van der Waals surface area (Å²) in [5.41, 5.74) is 0. The predicted molar refractivity (Wildman–Crippen MR) is 142 cm³/mol. The second-order valence-corrected chi connectivity index (χ2v) is 10.2. The number of hydrogen-bond donors (Lipinski definition) is 0. The maximum absolute atomic E-state index is 2.58. The summed E-state index contributed by atoms with van der Waals surface area (Å²) in [4.78, 5) is 0. The fraction of sp³-hybridized carbons (Fsp3) is 0.900. The van der Waals surface area contributed by atoms with E-state index >= 15 is 0 Å². The Labute approximate surface area is 202 Å². The third kappa shape index (κ3) is 15.1. The van der Waals surface area contributed by atoms with Gasteiger partial charge in [0.15, 0.2) is 0 Å². The van der Waals surface area contributed by atoms with Crippen molar-refractivity contribution < 1.29 is 4.57 Å². The Kier molecular flexibility index (Phi) is 20.1. The number of aromatic nitrogens is 2. The lowest BCUT2D eigenvalue weighted by molar-refractivity contribution is -0.704. The van der Waals surface area contributed by atoms with E-state index in [9.17, 15) is 0 Å². The number of aryl methyl sites for hydroxylation is 2. The topological polar surface area (TPSA) is 8.81 Å². The molecule has 0 saturated heterocycles. The number of imidazole rings is 1. The Balaban J connectivity index is 2.17. The minimum atomic E-state index is 1.22. The Morgan fingerprint density at radius 2 is 0.969 bits per heavy atom. The van der Waals surface area contributed by atoms with Gasteiger partial charge in [0.05, 0.1) is 13.1 Å². The zero-order valence-corrected chi connectivity index (χ0v) is 22.5. The lowest BCUT2D eigenvalue weighted by Gasteiger charge is -2.06. The first-order chi connectivity index (χ1) is 15.8. The molecule has 1 aromatic rings. The van der Waals surface area contributed by atoms with Crippen LogP contribution in [0.3, 0.4) is 0 Å². The van der Waals surface area contributed by atoms with Crippen LogP contribution in [0.5, 0.6) is 0 Å². The van der Waals surface area contributed by atoms with Gasteiger partial charge in [0.2, 0.25) is 0 Å². The number of hydrogen-bond acceptors (Lipinski definition) is 0. The van der Waals surface area contributed by atoms with Crippen LogP contribution in [0, 0.1) is 0 Å². The summed E-state index contributed by atoms with van der Waals surface area (Å²) in [5, 5.41) is 0. The lowest BCUT2D eigenvalue weighted by atomic mass is 10.1. The minimum Gasteiger partial charge on any atom is -0.234 e. The SMILES string of the molecule is CCCCCCCCCCCCCC[n+]1ccn(CCCCCCCCC)c1CCCC. The first-order valence-corrected chi connectivity index (χ1v) is 14.9. The molecule has 0 aliphatic heterocycles. The highest BCUT2D eigenvalue weighted by Crippen LogP contribution is 2.13. The van der Waals surface area contributed by atoms with Gasteiger partial charge >= 0.3 is 0 Å². The van der Waals surface area contributed by atoms with Gasteiger partial charge in [-0.1, -0.05) is 124 Å². The van der Waals surface area contributed by atoms with Crippen LogP contribution in [0.4, 0.5) is 0 Å². The molecule has 1 aromatic heterocycles. The summed E-state index contributed by atoms with van der Waals surface area (Å²) in [7, 11) is 0. The molecule has 0 aliphatic rings. The molecule has 0 radical (unpaired) electrons. The van der Waals surface area contributed by atoms with E-state index in [-0.39, 0.29) is 0 Å². The molecule has 0 bridgehead atoms. The molecule has 0 spiro atoms. The van der Waals surface area contributed by atoms with Gasteiger partial charge in [-0.15, -0.1) is 0 Å². The van der Waals surface area contributed by atoms with E-state index in [2.05, 4.69) is 42.3 Å². The molecule has 0 atom stereocenters. The summed E-state index contributed by atoms with van der Waals surface area (Å²) in [6.07, 6.45) is 35.6. The third-order valence-corrected chi connectivity index (χ3v) is 7.10. The molecule has 0 fully saturated rings. The summed E-state index contributed by atoms with van der Waals surface area (Å²) < 4.78 is 5.15. The maximum atomic E-state index is 2.58. The molecule has 1 heterocycles. The Morgan fingerprint density at radius 3 is 1.47 bits per heavy atom. The van der Waals surface area contributed by atoms with Crippen LogP contribution in [0.25, 0.3) is 0 Å². The molecular weight excluding hydrogens is 388 g/mol. The van der Waals surface area contributed by atoms with Gasteiger partial charge in [-0.25, -0.2) is 9.13 Å². The highest BCUT2D eigenvalue weighted by molar-refractivity contribution is 4.84. The summed E-state index contributed by atoms with van der Waals surface area (Å²) in [5.74, 6) is 1.58. The second-order valence-electron chi connectivity index (χ2n) is 10.2. The molecule has 0 aliphatic carbocycles. The van der Waals surface area contributed by atoms with Crippen LogP contribution in [0.1, 0.15) is 161 Å². The quantitative estimate of drug-likeness (QED) is 0.110.